The van der Waals surface area contributed by atoms with E-state index in [9.17, 15) is 4.79 Å². The van der Waals surface area contributed by atoms with Gasteiger partial charge >= 0.3 is 5.97 Å². The fourth-order valence-electron chi connectivity index (χ4n) is 2.95. The number of rotatable bonds is 4. The molecule has 0 aliphatic carbocycles. The lowest BCUT2D eigenvalue weighted by molar-refractivity contribution is 0.0520. The van der Waals surface area contributed by atoms with Crippen molar-refractivity contribution in [3.8, 4) is 0 Å². The Morgan fingerprint density at radius 1 is 1.33 bits per heavy atom. The van der Waals surface area contributed by atoms with Gasteiger partial charge < -0.3 is 14.3 Å². The average Bonchev–Trinajstić information content (AvgIpc) is 3.22. The van der Waals surface area contributed by atoms with Gasteiger partial charge in [0.05, 0.1) is 24.6 Å². The van der Waals surface area contributed by atoms with Crippen molar-refractivity contribution in [3.05, 3.63) is 60.4 Å². The van der Waals surface area contributed by atoms with Crippen LogP contribution in [-0.4, -0.2) is 32.1 Å². The van der Waals surface area contributed by atoms with Crippen LogP contribution in [0.3, 0.4) is 0 Å². The highest BCUT2D eigenvalue weighted by Gasteiger charge is 2.14. The maximum absolute atomic E-state index is 12.0. The van der Waals surface area contributed by atoms with Gasteiger partial charge in [-0.2, -0.15) is 0 Å². The number of imidazole rings is 1. The lowest BCUT2D eigenvalue weighted by atomic mass is 10.1. The number of benzene rings is 1. The number of aromatic amines is 1. The van der Waals surface area contributed by atoms with Crippen LogP contribution in [0.4, 0.5) is 0 Å². The van der Waals surface area contributed by atoms with Crippen LogP contribution in [0.25, 0.3) is 21.8 Å². The Hall–Kier alpha value is -3.15. The highest BCUT2D eigenvalue weighted by molar-refractivity contribution is 6.10. The molecule has 0 saturated carbocycles. The molecule has 4 aromatic rings. The summed E-state index contributed by atoms with van der Waals surface area (Å²) in [5.74, 6) is -0.402. The fraction of sp³-hybridized carbons (Fsp3) is 0.167. The Bertz CT molecular complexity index is 1020. The van der Waals surface area contributed by atoms with Gasteiger partial charge in [-0.15, -0.1) is 0 Å². The predicted molar refractivity (Wildman–Crippen MR) is 90.9 cm³/mol. The van der Waals surface area contributed by atoms with E-state index in [-0.39, 0.29) is 0 Å². The van der Waals surface area contributed by atoms with Gasteiger partial charge in [-0.05, 0) is 24.6 Å². The van der Waals surface area contributed by atoms with Gasteiger partial charge in [0, 0.05) is 35.2 Å². The van der Waals surface area contributed by atoms with Crippen LogP contribution in [0.1, 0.15) is 23.0 Å². The maximum atomic E-state index is 12.0. The molecule has 1 N–H and O–H groups in total. The molecule has 120 valence electrons. The molecule has 0 radical (unpaired) electrons. The van der Waals surface area contributed by atoms with Crippen LogP contribution in [0.15, 0.2) is 49.2 Å². The molecule has 6 nitrogen and oxygen atoms in total. The van der Waals surface area contributed by atoms with E-state index in [1.165, 1.54) is 0 Å². The summed E-state index contributed by atoms with van der Waals surface area (Å²) >= 11 is 0. The van der Waals surface area contributed by atoms with Gasteiger partial charge in [0.15, 0.2) is 0 Å². The normalized spacial score (nSPS) is 11.2. The SMILES string of the molecule is CCOC(=O)c1cc2c(cn1)[nH]c1cccc(Cn3ccnc3)c12. The minimum absolute atomic E-state index is 0.322. The van der Waals surface area contributed by atoms with E-state index in [0.717, 1.165) is 27.4 Å². The molecular formula is C18H16N4O2. The second-order valence-corrected chi connectivity index (χ2v) is 5.54. The molecule has 24 heavy (non-hydrogen) atoms. The zero-order valence-electron chi connectivity index (χ0n) is 13.2. The zero-order chi connectivity index (χ0) is 16.5. The average molecular weight is 320 g/mol. The molecule has 0 amide bonds. The molecule has 0 atom stereocenters. The summed E-state index contributed by atoms with van der Waals surface area (Å²) in [6.07, 6.45) is 7.17. The van der Waals surface area contributed by atoms with Gasteiger partial charge in [-0.1, -0.05) is 12.1 Å². The molecule has 0 aliphatic heterocycles. The molecule has 0 aliphatic rings. The first-order valence-corrected chi connectivity index (χ1v) is 7.78. The van der Waals surface area contributed by atoms with Crippen molar-refractivity contribution in [3.63, 3.8) is 0 Å². The van der Waals surface area contributed by atoms with Crippen LogP contribution in [0.2, 0.25) is 0 Å². The standard InChI is InChI=1S/C18H16N4O2/c1-2-24-18(23)15-8-13-16(9-20-15)21-14-5-3-4-12(17(13)14)10-22-7-6-19-11-22/h3-9,11,21H,2,10H2,1H3. The molecule has 4 rings (SSSR count). The molecule has 0 unspecified atom stereocenters. The Balaban J connectivity index is 1.89. The zero-order valence-corrected chi connectivity index (χ0v) is 13.2. The third-order valence-corrected chi connectivity index (χ3v) is 3.99. The molecule has 0 fully saturated rings. The molecule has 0 bridgehead atoms. The smallest absolute Gasteiger partial charge is 0.356 e. The number of ether oxygens (including phenoxy) is 1. The highest BCUT2D eigenvalue weighted by Crippen LogP contribution is 2.29. The third kappa shape index (κ3) is 2.42. The third-order valence-electron chi connectivity index (χ3n) is 3.99. The first kappa shape index (κ1) is 14.4. The summed E-state index contributed by atoms with van der Waals surface area (Å²) in [7, 11) is 0. The molecule has 0 spiro atoms. The van der Waals surface area contributed by atoms with Gasteiger partial charge in [0.2, 0.25) is 0 Å². The first-order chi connectivity index (χ1) is 11.8. The largest absolute Gasteiger partial charge is 0.461 e. The second kappa shape index (κ2) is 5.81. The Kier molecular flexibility index (Phi) is 3.49. The minimum Gasteiger partial charge on any atom is -0.461 e. The van der Waals surface area contributed by atoms with E-state index in [1.807, 2.05) is 22.9 Å². The fourth-order valence-corrected chi connectivity index (χ4v) is 2.95. The van der Waals surface area contributed by atoms with E-state index >= 15 is 0 Å². The monoisotopic (exact) mass is 320 g/mol. The van der Waals surface area contributed by atoms with E-state index in [1.54, 1.807) is 31.7 Å². The van der Waals surface area contributed by atoms with Crippen molar-refractivity contribution in [2.24, 2.45) is 0 Å². The number of esters is 1. The number of carbonyl (C=O) groups is 1. The van der Waals surface area contributed by atoms with Gasteiger partial charge in [0.25, 0.3) is 0 Å². The molecule has 3 aromatic heterocycles. The van der Waals surface area contributed by atoms with Crippen molar-refractivity contribution in [1.82, 2.24) is 19.5 Å². The Morgan fingerprint density at radius 3 is 3.04 bits per heavy atom. The number of nitrogens with one attached hydrogen (secondary N) is 1. The predicted octanol–water partition coefficient (Wildman–Crippen LogP) is 3.14. The van der Waals surface area contributed by atoms with Gasteiger partial charge in [-0.25, -0.2) is 14.8 Å². The van der Waals surface area contributed by atoms with Crippen LogP contribution in [0, 0.1) is 0 Å². The van der Waals surface area contributed by atoms with Crippen molar-refractivity contribution in [1.29, 1.82) is 0 Å². The van der Waals surface area contributed by atoms with E-state index in [0.29, 0.717) is 18.8 Å². The van der Waals surface area contributed by atoms with Crippen LogP contribution >= 0.6 is 0 Å². The number of H-pyrrole nitrogens is 1. The number of fused-ring (bicyclic) bond motifs is 3. The van der Waals surface area contributed by atoms with Crippen molar-refractivity contribution < 1.29 is 9.53 Å². The summed E-state index contributed by atoms with van der Waals surface area (Å²) in [6, 6.07) is 7.92. The number of hydrogen-bond donors (Lipinski definition) is 1. The molecule has 1 aromatic carbocycles. The summed E-state index contributed by atoms with van der Waals surface area (Å²) in [4.78, 5) is 23.6. The lowest BCUT2D eigenvalue weighted by Crippen LogP contribution is -2.06. The van der Waals surface area contributed by atoms with Crippen LogP contribution in [-0.2, 0) is 11.3 Å². The first-order valence-electron chi connectivity index (χ1n) is 7.78. The minimum atomic E-state index is -0.402. The second-order valence-electron chi connectivity index (χ2n) is 5.54. The molecular weight excluding hydrogens is 304 g/mol. The summed E-state index contributed by atoms with van der Waals surface area (Å²) < 4.78 is 7.07. The quantitative estimate of drug-likeness (QED) is 0.586. The van der Waals surface area contributed by atoms with Crippen molar-refractivity contribution in [2.45, 2.75) is 13.5 Å². The lowest BCUT2D eigenvalue weighted by Gasteiger charge is -2.05. The summed E-state index contributed by atoms with van der Waals surface area (Å²) in [6.45, 7) is 2.82. The van der Waals surface area contributed by atoms with Gasteiger partial charge in [0.1, 0.15) is 5.69 Å². The van der Waals surface area contributed by atoms with Crippen LogP contribution < -0.4 is 0 Å². The Labute approximate surface area is 138 Å². The number of hydrogen-bond acceptors (Lipinski definition) is 4. The van der Waals surface area contributed by atoms with Gasteiger partial charge in [-0.3, -0.25) is 0 Å². The van der Waals surface area contributed by atoms with E-state index < -0.39 is 5.97 Å². The molecule has 3 heterocycles. The summed E-state index contributed by atoms with van der Waals surface area (Å²) in [5.41, 5.74) is 3.39. The Morgan fingerprint density at radius 2 is 2.25 bits per heavy atom. The molecule has 6 heteroatoms. The van der Waals surface area contributed by atoms with Crippen molar-refractivity contribution in [2.75, 3.05) is 6.61 Å². The summed E-state index contributed by atoms with van der Waals surface area (Å²) in [5, 5.41) is 2.06. The van der Waals surface area contributed by atoms with E-state index in [2.05, 4.69) is 21.0 Å². The number of nitrogens with zero attached hydrogens (tertiary/aromatic N) is 3. The van der Waals surface area contributed by atoms with Crippen molar-refractivity contribution >= 4 is 27.8 Å². The highest BCUT2D eigenvalue weighted by atomic mass is 16.5. The molecule has 0 saturated heterocycles. The maximum Gasteiger partial charge on any atom is 0.356 e. The van der Waals surface area contributed by atoms with Crippen LogP contribution in [0.5, 0.6) is 0 Å². The number of aromatic nitrogens is 4. The topological polar surface area (TPSA) is 72.8 Å². The number of pyridine rings is 1. The van der Waals surface area contributed by atoms with E-state index in [4.69, 9.17) is 4.74 Å². The number of carbonyl (C=O) groups excluding carboxylic acids is 1.